The van der Waals surface area contributed by atoms with Crippen molar-refractivity contribution in [2.24, 2.45) is 0 Å². The van der Waals surface area contributed by atoms with Crippen LogP contribution in [0.5, 0.6) is 0 Å². The Labute approximate surface area is 123 Å². The van der Waals surface area contributed by atoms with Crippen molar-refractivity contribution in [1.82, 2.24) is 0 Å². The molecule has 2 rings (SSSR count). The molecule has 0 aliphatic heterocycles. The summed E-state index contributed by atoms with van der Waals surface area (Å²) in [6.07, 6.45) is 1.95. The summed E-state index contributed by atoms with van der Waals surface area (Å²) in [4.78, 5) is 1.25. The van der Waals surface area contributed by atoms with E-state index < -0.39 is 10.0 Å². The predicted molar refractivity (Wildman–Crippen MR) is 85.0 cm³/mol. The highest BCUT2D eigenvalue weighted by Crippen LogP contribution is 2.22. The van der Waals surface area contributed by atoms with Crippen molar-refractivity contribution in [2.45, 2.75) is 9.79 Å². The van der Waals surface area contributed by atoms with Gasteiger partial charge in [0.1, 0.15) is 0 Å². The number of thioether (sulfide) groups is 1. The third kappa shape index (κ3) is 3.46. The minimum Gasteiger partial charge on any atom is -0.388 e. The lowest BCUT2D eigenvalue weighted by molar-refractivity contribution is 0.601. The van der Waals surface area contributed by atoms with E-state index in [4.69, 9.17) is 0 Å². The fraction of sp³-hybridized carbons (Fsp3) is 0.143. The minimum absolute atomic E-state index is 0.242. The van der Waals surface area contributed by atoms with E-state index in [0.717, 1.165) is 10.6 Å². The van der Waals surface area contributed by atoms with E-state index in [1.165, 1.54) is 0 Å². The molecule has 4 nitrogen and oxygen atoms in total. The van der Waals surface area contributed by atoms with E-state index in [1.54, 1.807) is 49.1 Å². The average Bonchev–Trinajstić information content (AvgIpc) is 2.47. The van der Waals surface area contributed by atoms with Crippen molar-refractivity contribution in [2.75, 3.05) is 23.3 Å². The molecule has 0 unspecified atom stereocenters. The molecule has 2 aromatic carbocycles. The van der Waals surface area contributed by atoms with Crippen molar-refractivity contribution >= 4 is 33.2 Å². The summed E-state index contributed by atoms with van der Waals surface area (Å²) in [6, 6.07) is 13.9. The Hall–Kier alpha value is -1.66. The Morgan fingerprint density at radius 3 is 2.30 bits per heavy atom. The van der Waals surface area contributed by atoms with Gasteiger partial charge in [0.25, 0.3) is 10.0 Å². The summed E-state index contributed by atoms with van der Waals surface area (Å²) in [5.74, 6) is 0. The molecule has 0 spiro atoms. The number of hydrogen-bond acceptors (Lipinski definition) is 4. The van der Waals surface area contributed by atoms with Gasteiger partial charge in [0.2, 0.25) is 0 Å². The van der Waals surface area contributed by atoms with Gasteiger partial charge in [0, 0.05) is 23.3 Å². The van der Waals surface area contributed by atoms with E-state index in [0.29, 0.717) is 5.69 Å². The van der Waals surface area contributed by atoms with Gasteiger partial charge in [-0.1, -0.05) is 6.07 Å². The van der Waals surface area contributed by atoms with Crippen molar-refractivity contribution in [1.29, 1.82) is 0 Å². The van der Waals surface area contributed by atoms with Crippen LogP contribution < -0.4 is 10.0 Å². The van der Waals surface area contributed by atoms with Gasteiger partial charge in [-0.05, 0) is 48.7 Å². The maximum atomic E-state index is 12.3. The van der Waals surface area contributed by atoms with Crippen LogP contribution in [-0.4, -0.2) is 21.7 Å². The molecule has 0 bridgehead atoms. The van der Waals surface area contributed by atoms with Gasteiger partial charge in [-0.3, -0.25) is 4.72 Å². The molecule has 0 atom stereocenters. The van der Waals surface area contributed by atoms with Crippen molar-refractivity contribution in [3.05, 3.63) is 48.5 Å². The molecular weight excluding hydrogens is 292 g/mol. The van der Waals surface area contributed by atoms with E-state index in [2.05, 4.69) is 10.0 Å². The molecule has 20 heavy (non-hydrogen) atoms. The normalized spacial score (nSPS) is 11.1. The molecule has 6 heteroatoms. The zero-order valence-corrected chi connectivity index (χ0v) is 12.9. The van der Waals surface area contributed by atoms with Crippen molar-refractivity contribution < 1.29 is 8.42 Å². The van der Waals surface area contributed by atoms with E-state index in [-0.39, 0.29) is 4.90 Å². The Morgan fingerprint density at radius 1 is 1.00 bits per heavy atom. The van der Waals surface area contributed by atoms with Gasteiger partial charge in [-0.15, -0.1) is 11.8 Å². The van der Waals surface area contributed by atoms with Crippen LogP contribution in [0.15, 0.2) is 58.3 Å². The third-order valence-electron chi connectivity index (χ3n) is 2.78. The van der Waals surface area contributed by atoms with E-state index in [9.17, 15) is 8.42 Å². The van der Waals surface area contributed by atoms with Crippen LogP contribution in [0.25, 0.3) is 0 Å². The molecule has 0 heterocycles. The molecule has 0 aromatic heterocycles. The summed E-state index contributed by atoms with van der Waals surface area (Å²) in [6.45, 7) is 0. The Balaban J connectivity index is 2.25. The Morgan fingerprint density at radius 2 is 1.70 bits per heavy atom. The summed E-state index contributed by atoms with van der Waals surface area (Å²) >= 11 is 1.57. The second kappa shape index (κ2) is 6.19. The van der Waals surface area contributed by atoms with Crippen LogP contribution in [0.4, 0.5) is 11.4 Å². The SMILES string of the molecule is CNc1ccc(S(=O)(=O)Nc2cccc(SC)c2)cc1. The van der Waals surface area contributed by atoms with Crippen LogP contribution in [-0.2, 0) is 10.0 Å². The first-order valence-corrected chi connectivity index (χ1v) is 8.70. The zero-order chi connectivity index (χ0) is 14.6. The van der Waals surface area contributed by atoms with Crippen LogP contribution in [0.3, 0.4) is 0 Å². The topological polar surface area (TPSA) is 58.2 Å². The standard InChI is InChI=1S/C14H16N2O2S2/c1-15-11-6-8-14(9-7-11)20(17,18)16-12-4-3-5-13(10-12)19-2/h3-10,15-16H,1-2H3. The summed E-state index contributed by atoms with van der Waals surface area (Å²) in [5.41, 5.74) is 1.43. The van der Waals surface area contributed by atoms with Gasteiger partial charge in [0.05, 0.1) is 4.90 Å². The average molecular weight is 308 g/mol. The van der Waals surface area contributed by atoms with E-state index >= 15 is 0 Å². The van der Waals surface area contributed by atoms with E-state index in [1.807, 2.05) is 24.5 Å². The first kappa shape index (κ1) is 14.7. The maximum Gasteiger partial charge on any atom is 0.261 e. The maximum absolute atomic E-state index is 12.3. The second-order valence-electron chi connectivity index (χ2n) is 4.11. The van der Waals surface area contributed by atoms with Crippen LogP contribution in [0, 0.1) is 0 Å². The summed E-state index contributed by atoms with van der Waals surface area (Å²) in [5, 5.41) is 2.95. The highest BCUT2D eigenvalue weighted by Gasteiger charge is 2.13. The fourth-order valence-corrected chi connectivity index (χ4v) is 3.21. The number of hydrogen-bond donors (Lipinski definition) is 2. The predicted octanol–water partition coefficient (Wildman–Crippen LogP) is 3.25. The molecule has 2 aromatic rings. The van der Waals surface area contributed by atoms with Gasteiger partial charge >= 0.3 is 0 Å². The molecule has 0 fully saturated rings. The quantitative estimate of drug-likeness (QED) is 0.833. The second-order valence-corrected chi connectivity index (χ2v) is 6.67. The van der Waals surface area contributed by atoms with Gasteiger partial charge in [0.15, 0.2) is 0 Å². The molecule has 0 amide bonds. The molecule has 0 saturated carbocycles. The Bertz CT molecular complexity index is 683. The van der Waals surface area contributed by atoms with Crippen LogP contribution >= 0.6 is 11.8 Å². The summed E-state index contributed by atoms with van der Waals surface area (Å²) < 4.78 is 27.1. The molecule has 0 radical (unpaired) electrons. The smallest absolute Gasteiger partial charge is 0.261 e. The number of benzene rings is 2. The fourth-order valence-electron chi connectivity index (χ4n) is 1.70. The number of anilines is 2. The molecule has 2 N–H and O–H groups in total. The number of sulfonamides is 1. The van der Waals surface area contributed by atoms with Crippen molar-refractivity contribution in [3.8, 4) is 0 Å². The molecule has 0 aliphatic carbocycles. The van der Waals surface area contributed by atoms with Crippen LogP contribution in [0.2, 0.25) is 0 Å². The largest absolute Gasteiger partial charge is 0.388 e. The summed E-state index contributed by atoms with van der Waals surface area (Å²) in [7, 11) is -1.76. The highest BCUT2D eigenvalue weighted by molar-refractivity contribution is 7.98. The molecule has 106 valence electrons. The monoisotopic (exact) mass is 308 g/mol. The highest BCUT2D eigenvalue weighted by atomic mass is 32.2. The first-order valence-electron chi connectivity index (χ1n) is 6.00. The molecule has 0 saturated heterocycles. The van der Waals surface area contributed by atoms with Gasteiger partial charge in [-0.2, -0.15) is 0 Å². The minimum atomic E-state index is -3.55. The van der Waals surface area contributed by atoms with Crippen molar-refractivity contribution in [3.63, 3.8) is 0 Å². The first-order chi connectivity index (χ1) is 9.55. The lowest BCUT2D eigenvalue weighted by Crippen LogP contribution is -2.12. The zero-order valence-electron chi connectivity index (χ0n) is 11.3. The lowest BCUT2D eigenvalue weighted by atomic mass is 10.3. The number of rotatable bonds is 5. The number of nitrogens with one attached hydrogen (secondary N) is 2. The molecular formula is C14H16N2O2S2. The van der Waals surface area contributed by atoms with Gasteiger partial charge < -0.3 is 5.32 Å². The Kier molecular flexibility index (Phi) is 4.57. The third-order valence-corrected chi connectivity index (χ3v) is 4.90. The van der Waals surface area contributed by atoms with Gasteiger partial charge in [-0.25, -0.2) is 8.42 Å². The molecule has 0 aliphatic rings. The lowest BCUT2D eigenvalue weighted by Gasteiger charge is -2.09. The van der Waals surface area contributed by atoms with Crippen LogP contribution in [0.1, 0.15) is 0 Å².